The smallest absolute Gasteiger partial charge is 0.251 e. The Hall–Kier alpha value is -2.24. The van der Waals surface area contributed by atoms with E-state index in [9.17, 15) is 9.59 Å². The van der Waals surface area contributed by atoms with Crippen molar-refractivity contribution in [1.82, 2.24) is 10.2 Å². The molecule has 6 nitrogen and oxygen atoms in total. The quantitative estimate of drug-likeness (QED) is 0.693. The van der Waals surface area contributed by atoms with E-state index < -0.39 is 0 Å². The van der Waals surface area contributed by atoms with Gasteiger partial charge in [-0.25, -0.2) is 0 Å². The molecule has 0 bridgehead atoms. The van der Waals surface area contributed by atoms with Gasteiger partial charge in [0.15, 0.2) is 11.5 Å². The molecule has 6 heteroatoms. The fraction of sp³-hybridized carbons (Fsp3) is 0.600. The first-order valence-electron chi connectivity index (χ1n) is 9.23. The van der Waals surface area contributed by atoms with Gasteiger partial charge in [-0.3, -0.25) is 9.59 Å². The maximum atomic E-state index is 12.4. The molecule has 0 aliphatic heterocycles. The van der Waals surface area contributed by atoms with Crippen LogP contribution in [0.15, 0.2) is 18.2 Å². The molecule has 1 aromatic carbocycles. The molecule has 1 N–H and O–H groups in total. The third kappa shape index (κ3) is 6.58. The van der Waals surface area contributed by atoms with Gasteiger partial charge in [-0.05, 0) is 51.3 Å². The summed E-state index contributed by atoms with van der Waals surface area (Å²) in [6.07, 6.45) is 0.923. The lowest BCUT2D eigenvalue weighted by Gasteiger charge is -2.26. The topological polar surface area (TPSA) is 67.9 Å². The van der Waals surface area contributed by atoms with Crippen LogP contribution in [0.2, 0.25) is 0 Å². The van der Waals surface area contributed by atoms with Crippen molar-refractivity contribution < 1.29 is 19.1 Å². The highest BCUT2D eigenvalue weighted by atomic mass is 16.5. The second-order valence-corrected chi connectivity index (χ2v) is 6.69. The predicted molar refractivity (Wildman–Crippen MR) is 103 cm³/mol. The molecule has 0 saturated heterocycles. The minimum Gasteiger partial charge on any atom is -0.490 e. The minimum absolute atomic E-state index is 0.0328. The van der Waals surface area contributed by atoms with Crippen LogP contribution in [-0.4, -0.2) is 49.6 Å². The van der Waals surface area contributed by atoms with E-state index in [1.165, 1.54) is 0 Å². The van der Waals surface area contributed by atoms with E-state index in [2.05, 4.69) is 19.2 Å². The van der Waals surface area contributed by atoms with Crippen LogP contribution in [0.1, 0.15) is 51.4 Å². The average Bonchev–Trinajstić information content (AvgIpc) is 2.59. The van der Waals surface area contributed by atoms with Gasteiger partial charge in [-0.1, -0.05) is 13.8 Å². The summed E-state index contributed by atoms with van der Waals surface area (Å²) in [4.78, 5) is 26.3. The van der Waals surface area contributed by atoms with Gasteiger partial charge < -0.3 is 19.7 Å². The zero-order valence-corrected chi connectivity index (χ0v) is 16.8. The zero-order chi connectivity index (χ0) is 19.7. The Kier molecular flexibility index (Phi) is 8.96. The van der Waals surface area contributed by atoms with Crippen molar-refractivity contribution in [3.05, 3.63) is 23.8 Å². The summed E-state index contributed by atoms with van der Waals surface area (Å²) in [5.74, 6) is 1.21. The number of hydrogen-bond donors (Lipinski definition) is 1. The molecular weight excluding hydrogens is 332 g/mol. The summed E-state index contributed by atoms with van der Waals surface area (Å²) in [5, 5.41) is 2.68. The Morgan fingerprint density at radius 3 is 2.27 bits per heavy atom. The molecule has 1 atom stereocenters. The highest BCUT2D eigenvalue weighted by Crippen LogP contribution is 2.28. The number of rotatable bonds is 10. The molecule has 2 amide bonds. The van der Waals surface area contributed by atoms with Crippen LogP contribution in [0.3, 0.4) is 0 Å². The van der Waals surface area contributed by atoms with Crippen molar-refractivity contribution >= 4 is 11.8 Å². The molecule has 0 aliphatic rings. The molecule has 1 unspecified atom stereocenters. The molecule has 26 heavy (non-hydrogen) atoms. The predicted octanol–water partition coefficient (Wildman–Crippen LogP) is 3.11. The number of nitrogens with zero attached hydrogens (tertiary/aromatic N) is 1. The normalized spacial score (nSPS) is 11.8. The van der Waals surface area contributed by atoms with Gasteiger partial charge in [0.1, 0.15) is 0 Å². The van der Waals surface area contributed by atoms with Crippen LogP contribution in [0.5, 0.6) is 11.5 Å². The average molecular weight is 364 g/mol. The summed E-state index contributed by atoms with van der Waals surface area (Å²) in [6.45, 7) is 11.0. The summed E-state index contributed by atoms with van der Waals surface area (Å²) in [5.41, 5.74) is 0.433. The molecule has 0 fully saturated rings. The standard InChI is InChI=1S/C20H32N2O4/c1-7-25-17-10-9-16(12-18(17)26-8-2)20(24)21-13-19(23)22(6)15(5)11-14(3)4/h9-10,12,14-15H,7-8,11,13H2,1-6H3,(H,21,24). The Labute approximate surface area is 156 Å². The maximum Gasteiger partial charge on any atom is 0.251 e. The molecule has 0 heterocycles. The fourth-order valence-corrected chi connectivity index (χ4v) is 2.66. The van der Waals surface area contributed by atoms with Crippen molar-refractivity contribution in [1.29, 1.82) is 0 Å². The molecule has 146 valence electrons. The van der Waals surface area contributed by atoms with Crippen LogP contribution in [0, 0.1) is 5.92 Å². The van der Waals surface area contributed by atoms with Crippen molar-refractivity contribution in [3.8, 4) is 11.5 Å². The van der Waals surface area contributed by atoms with Gasteiger partial charge in [0.2, 0.25) is 5.91 Å². The van der Waals surface area contributed by atoms with E-state index in [0.717, 1.165) is 6.42 Å². The number of amides is 2. The first kappa shape index (κ1) is 21.8. The molecular formula is C20H32N2O4. The highest BCUT2D eigenvalue weighted by Gasteiger charge is 2.18. The second-order valence-electron chi connectivity index (χ2n) is 6.69. The first-order chi connectivity index (χ1) is 12.3. The van der Waals surface area contributed by atoms with Crippen LogP contribution in [0.25, 0.3) is 0 Å². The van der Waals surface area contributed by atoms with E-state index in [4.69, 9.17) is 9.47 Å². The molecule has 0 aliphatic carbocycles. The third-order valence-corrected chi connectivity index (χ3v) is 4.07. The Balaban J connectivity index is 2.70. The number of benzene rings is 1. The molecule has 1 rings (SSSR count). The van der Waals surface area contributed by atoms with E-state index >= 15 is 0 Å². The van der Waals surface area contributed by atoms with Gasteiger partial charge in [0.25, 0.3) is 5.91 Å². The Morgan fingerprint density at radius 1 is 1.08 bits per heavy atom. The van der Waals surface area contributed by atoms with Crippen LogP contribution >= 0.6 is 0 Å². The number of nitrogens with one attached hydrogen (secondary N) is 1. The lowest BCUT2D eigenvalue weighted by Crippen LogP contribution is -2.42. The molecule has 1 aromatic rings. The lowest BCUT2D eigenvalue weighted by molar-refractivity contribution is -0.130. The minimum atomic E-state index is -0.313. The summed E-state index contributed by atoms with van der Waals surface area (Å²) < 4.78 is 11.0. The van der Waals surface area contributed by atoms with Crippen LogP contribution in [0.4, 0.5) is 0 Å². The SMILES string of the molecule is CCOc1ccc(C(=O)NCC(=O)N(C)C(C)CC(C)C)cc1OCC. The van der Waals surface area contributed by atoms with Gasteiger partial charge in [0.05, 0.1) is 19.8 Å². The number of likely N-dealkylation sites (N-methyl/N-ethyl adjacent to an activating group) is 1. The summed E-state index contributed by atoms with van der Waals surface area (Å²) in [6, 6.07) is 5.15. The molecule has 0 aromatic heterocycles. The van der Waals surface area contributed by atoms with Gasteiger partial charge in [-0.15, -0.1) is 0 Å². The zero-order valence-electron chi connectivity index (χ0n) is 16.8. The van der Waals surface area contributed by atoms with E-state index in [0.29, 0.717) is 36.2 Å². The maximum absolute atomic E-state index is 12.4. The van der Waals surface area contributed by atoms with Crippen molar-refractivity contribution in [3.63, 3.8) is 0 Å². The van der Waals surface area contributed by atoms with Gasteiger partial charge in [0, 0.05) is 18.7 Å². The lowest BCUT2D eigenvalue weighted by atomic mass is 10.0. The molecule has 0 radical (unpaired) electrons. The highest BCUT2D eigenvalue weighted by molar-refractivity contribution is 5.97. The van der Waals surface area contributed by atoms with Crippen molar-refractivity contribution in [2.24, 2.45) is 5.92 Å². The first-order valence-corrected chi connectivity index (χ1v) is 9.23. The number of ether oxygens (including phenoxy) is 2. The van der Waals surface area contributed by atoms with Crippen LogP contribution in [-0.2, 0) is 4.79 Å². The largest absolute Gasteiger partial charge is 0.490 e. The number of hydrogen-bond acceptors (Lipinski definition) is 4. The summed E-state index contributed by atoms with van der Waals surface area (Å²) >= 11 is 0. The molecule has 0 spiro atoms. The number of carbonyl (C=O) groups excluding carboxylic acids is 2. The second kappa shape index (κ2) is 10.7. The van der Waals surface area contributed by atoms with Crippen molar-refractivity contribution in [2.45, 2.75) is 47.1 Å². The van der Waals surface area contributed by atoms with E-state index in [-0.39, 0.29) is 24.4 Å². The Bertz CT molecular complexity index is 601. The van der Waals surface area contributed by atoms with E-state index in [1.807, 2.05) is 20.8 Å². The molecule has 0 saturated carbocycles. The Morgan fingerprint density at radius 2 is 1.69 bits per heavy atom. The monoisotopic (exact) mass is 364 g/mol. The fourth-order valence-electron chi connectivity index (χ4n) is 2.66. The van der Waals surface area contributed by atoms with Gasteiger partial charge in [-0.2, -0.15) is 0 Å². The third-order valence-electron chi connectivity index (χ3n) is 4.07. The van der Waals surface area contributed by atoms with Crippen molar-refractivity contribution in [2.75, 3.05) is 26.8 Å². The van der Waals surface area contributed by atoms with Crippen LogP contribution < -0.4 is 14.8 Å². The van der Waals surface area contributed by atoms with E-state index in [1.54, 1.807) is 30.1 Å². The van der Waals surface area contributed by atoms with Gasteiger partial charge >= 0.3 is 0 Å². The number of carbonyl (C=O) groups is 2. The summed E-state index contributed by atoms with van der Waals surface area (Å²) in [7, 11) is 1.77.